The zero-order chi connectivity index (χ0) is 28.8. The zero-order valence-corrected chi connectivity index (χ0v) is 26.1. The molecule has 0 aromatic carbocycles. The first-order valence-corrected chi connectivity index (χ1v) is 16.9. The highest BCUT2D eigenvalue weighted by atomic mass is 35.5. The van der Waals surface area contributed by atoms with Crippen LogP contribution < -0.4 is 27.4 Å². The first-order chi connectivity index (χ1) is 19.1. The SMILES string of the molecule is CCCCCCCC1CC(N2CCC(C)(O)CC2)C(NC(=O)C(C(N)N)C2CC3(CCC3)CCC(Cl)CN2)CN1. The summed E-state index contributed by atoms with van der Waals surface area (Å²) in [6.45, 7) is 7.35. The maximum absolute atomic E-state index is 14.0. The summed E-state index contributed by atoms with van der Waals surface area (Å²) in [4.78, 5) is 16.5. The molecule has 8 N–H and O–H groups in total. The number of hydrogen-bond acceptors (Lipinski definition) is 7. The smallest absolute Gasteiger partial charge is 0.227 e. The number of amides is 1. The van der Waals surface area contributed by atoms with Gasteiger partial charge in [-0.05, 0) is 70.1 Å². The van der Waals surface area contributed by atoms with Gasteiger partial charge in [0.2, 0.25) is 5.91 Å². The Morgan fingerprint density at radius 1 is 1.07 bits per heavy atom. The molecule has 9 heteroatoms. The third-order valence-corrected chi connectivity index (χ3v) is 11.1. The summed E-state index contributed by atoms with van der Waals surface area (Å²) in [5.41, 5.74) is 12.4. The van der Waals surface area contributed by atoms with Gasteiger partial charge in [0.1, 0.15) is 0 Å². The molecule has 0 radical (unpaired) electrons. The van der Waals surface area contributed by atoms with Crippen LogP contribution in [0.3, 0.4) is 0 Å². The molecule has 3 aliphatic heterocycles. The first-order valence-electron chi connectivity index (χ1n) is 16.5. The molecule has 6 unspecified atom stereocenters. The number of nitrogens with zero attached hydrogens (tertiary/aromatic N) is 1. The van der Waals surface area contributed by atoms with Crippen molar-refractivity contribution >= 4 is 17.5 Å². The minimum atomic E-state index is -0.737. The number of carbonyl (C=O) groups excluding carboxylic acids is 1. The van der Waals surface area contributed by atoms with Crippen molar-refractivity contribution in [1.29, 1.82) is 0 Å². The second-order valence-electron chi connectivity index (χ2n) is 14.1. The molecule has 1 amide bonds. The van der Waals surface area contributed by atoms with Crippen molar-refractivity contribution in [2.24, 2.45) is 22.8 Å². The molecule has 3 heterocycles. The number of halogens is 1. The van der Waals surface area contributed by atoms with E-state index in [-0.39, 0.29) is 34.8 Å². The van der Waals surface area contributed by atoms with E-state index < -0.39 is 17.7 Å². The van der Waals surface area contributed by atoms with Crippen LogP contribution in [0.25, 0.3) is 0 Å². The Morgan fingerprint density at radius 3 is 2.45 bits per heavy atom. The maximum Gasteiger partial charge on any atom is 0.227 e. The van der Waals surface area contributed by atoms with Crippen molar-refractivity contribution in [3.63, 3.8) is 0 Å². The maximum atomic E-state index is 14.0. The van der Waals surface area contributed by atoms with Crippen molar-refractivity contribution < 1.29 is 9.90 Å². The number of alkyl halides is 1. The lowest BCUT2D eigenvalue weighted by atomic mass is 9.61. The van der Waals surface area contributed by atoms with Crippen LogP contribution in [0.5, 0.6) is 0 Å². The van der Waals surface area contributed by atoms with Gasteiger partial charge in [0.05, 0.1) is 23.7 Å². The Bertz CT molecular complexity index is 784. The van der Waals surface area contributed by atoms with E-state index in [2.05, 4.69) is 27.8 Å². The van der Waals surface area contributed by atoms with Gasteiger partial charge in [0, 0.05) is 49.7 Å². The Balaban J connectivity index is 1.43. The van der Waals surface area contributed by atoms with E-state index in [9.17, 15) is 9.90 Å². The molecular weight excluding hydrogens is 524 g/mol. The molecule has 0 bridgehead atoms. The topological polar surface area (TPSA) is 129 Å². The van der Waals surface area contributed by atoms with E-state index >= 15 is 0 Å². The van der Waals surface area contributed by atoms with E-state index in [1.54, 1.807) is 0 Å². The van der Waals surface area contributed by atoms with Crippen LogP contribution in [-0.2, 0) is 4.79 Å². The summed E-state index contributed by atoms with van der Waals surface area (Å²) in [5.74, 6) is -0.536. The second kappa shape index (κ2) is 14.8. The largest absolute Gasteiger partial charge is 0.390 e. The van der Waals surface area contributed by atoms with Crippen molar-refractivity contribution in [3.05, 3.63) is 0 Å². The van der Waals surface area contributed by atoms with E-state index in [0.717, 1.165) is 58.2 Å². The second-order valence-corrected chi connectivity index (χ2v) is 14.7. The molecule has 0 aromatic rings. The summed E-state index contributed by atoms with van der Waals surface area (Å²) in [5, 5.41) is 21.5. The molecule has 3 saturated heterocycles. The average Bonchev–Trinajstić information content (AvgIpc) is 2.87. The fraction of sp³-hybridized carbons (Fsp3) is 0.968. The van der Waals surface area contributed by atoms with Crippen LogP contribution in [0, 0.1) is 11.3 Å². The molecule has 1 saturated carbocycles. The van der Waals surface area contributed by atoms with Crippen molar-refractivity contribution in [2.45, 2.75) is 151 Å². The molecule has 1 spiro atoms. The summed E-state index contributed by atoms with van der Waals surface area (Å²) in [7, 11) is 0. The number of nitrogens with one attached hydrogen (secondary N) is 3. The van der Waals surface area contributed by atoms with Gasteiger partial charge in [-0.15, -0.1) is 11.6 Å². The molecule has 4 fully saturated rings. The lowest BCUT2D eigenvalue weighted by Crippen LogP contribution is -2.66. The van der Waals surface area contributed by atoms with Gasteiger partial charge in [-0.1, -0.05) is 45.4 Å². The van der Waals surface area contributed by atoms with Gasteiger partial charge in [-0.2, -0.15) is 0 Å². The van der Waals surface area contributed by atoms with Crippen LogP contribution in [0.2, 0.25) is 0 Å². The molecule has 40 heavy (non-hydrogen) atoms. The molecule has 4 aliphatic rings. The van der Waals surface area contributed by atoms with Crippen molar-refractivity contribution in [2.75, 3.05) is 26.2 Å². The molecule has 8 nitrogen and oxygen atoms in total. The minimum Gasteiger partial charge on any atom is -0.390 e. The number of nitrogens with two attached hydrogens (primary N) is 2. The Morgan fingerprint density at radius 2 is 1.80 bits per heavy atom. The van der Waals surface area contributed by atoms with Crippen LogP contribution >= 0.6 is 11.6 Å². The van der Waals surface area contributed by atoms with Gasteiger partial charge >= 0.3 is 0 Å². The Hall–Kier alpha value is -0.480. The van der Waals surface area contributed by atoms with E-state index in [0.29, 0.717) is 12.6 Å². The lowest BCUT2D eigenvalue weighted by Gasteiger charge is -2.49. The number of unbranched alkanes of at least 4 members (excludes halogenated alkanes) is 4. The molecule has 4 rings (SSSR count). The highest BCUT2D eigenvalue weighted by Gasteiger charge is 2.45. The van der Waals surface area contributed by atoms with E-state index in [4.69, 9.17) is 23.1 Å². The fourth-order valence-electron chi connectivity index (χ4n) is 7.85. The Labute approximate surface area is 248 Å². The predicted molar refractivity (Wildman–Crippen MR) is 164 cm³/mol. The van der Waals surface area contributed by atoms with Crippen molar-refractivity contribution in [1.82, 2.24) is 20.9 Å². The Kier molecular flexibility index (Phi) is 12.0. The van der Waals surface area contributed by atoms with Crippen molar-refractivity contribution in [3.8, 4) is 0 Å². The zero-order valence-electron chi connectivity index (χ0n) is 25.3. The minimum absolute atomic E-state index is 0.0138. The van der Waals surface area contributed by atoms with Crippen LogP contribution in [0.15, 0.2) is 0 Å². The van der Waals surface area contributed by atoms with Gasteiger partial charge in [-0.3, -0.25) is 9.69 Å². The predicted octanol–water partition coefficient (Wildman–Crippen LogP) is 3.19. The number of rotatable bonds is 11. The molecule has 6 atom stereocenters. The monoisotopic (exact) mass is 582 g/mol. The van der Waals surface area contributed by atoms with Gasteiger partial charge in [-0.25, -0.2) is 0 Å². The number of hydrogen-bond donors (Lipinski definition) is 6. The number of carbonyl (C=O) groups is 1. The molecular formula is C31H59ClN6O2. The summed E-state index contributed by atoms with van der Waals surface area (Å²) < 4.78 is 0. The average molecular weight is 583 g/mol. The van der Waals surface area contributed by atoms with Crippen LogP contribution in [-0.4, -0.2) is 83.4 Å². The van der Waals surface area contributed by atoms with Gasteiger partial charge < -0.3 is 32.5 Å². The van der Waals surface area contributed by atoms with E-state index in [1.165, 1.54) is 57.8 Å². The van der Waals surface area contributed by atoms with Crippen LogP contribution in [0.4, 0.5) is 0 Å². The van der Waals surface area contributed by atoms with E-state index in [1.807, 2.05) is 6.92 Å². The van der Waals surface area contributed by atoms with Gasteiger partial charge in [0.15, 0.2) is 0 Å². The first kappa shape index (κ1) is 32.4. The molecule has 232 valence electrons. The summed E-state index contributed by atoms with van der Waals surface area (Å²) >= 11 is 6.63. The normalized spacial score (nSPS) is 33.6. The van der Waals surface area contributed by atoms with Crippen LogP contribution in [0.1, 0.15) is 110 Å². The highest BCUT2D eigenvalue weighted by Crippen LogP contribution is 2.50. The lowest BCUT2D eigenvalue weighted by molar-refractivity contribution is -0.129. The highest BCUT2D eigenvalue weighted by molar-refractivity contribution is 6.20. The quantitative estimate of drug-likeness (QED) is 0.125. The third kappa shape index (κ3) is 8.77. The number of piperidine rings is 2. The summed E-state index contributed by atoms with van der Waals surface area (Å²) in [6, 6.07) is 0.617. The molecule has 1 aliphatic carbocycles. The third-order valence-electron chi connectivity index (χ3n) is 10.8. The standard InChI is InChI=1S/C31H59ClN6O2/c1-3-4-5-6-7-9-23-18-26(38-16-14-30(2,40)15-17-38)25(21-35-23)37-29(39)27(28(33)34)24-19-31(11-8-12-31)13-10-22(32)20-36-24/h22-28,35-36,40H,3-21,33-34H2,1-2H3,(H,37,39). The molecule has 0 aromatic heterocycles. The summed E-state index contributed by atoms with van der Waals surface area (Å²) in [6.07, 6.45) is 16.2. The number of aliphatic hydroxyl groups is 1. The fourth-order valence-corrected chi connectivity index (χ4v) is 8.04. The van der Waals surface area contributed by atoms with Gasteiger partial charge in [0.25, 0.3) is 0 Å². The number of likely N-dealkylation sites (tertiary alicyclic amines) is 1.